The van der Waals surface area contributed by atoms with Crippen LogP contribution >= 0.6 is 0 Å². The van der Waals surface area contributed by atoms with Gasteiger partial charge in [0.2, 0.25) is 5.91 Å². The summed E-state index contributed by atoms with van der Waals surface area (Å²) in [5, 5.41) is 0. The molecule has 0 spiro atoms. The van der Waals surface area contributed by atoms with Gasteiger partial charge in [0.15, 0.2) is 0 Å². The summed E-state index contributed by atoms with van der Waals surface area (Å²) < 4.78 is 43.1. The van der Waals surface area contributed by atoms with Gasteiger partial charge in [-0.15, -0.1) is 0 Å². The molecule has 1 heterocycles. The summed E-state index contributed by atoms with van der Waals surface area (Å²) >= 11 is 0. The maximum absolute atomic E-state index is 12.7. The molecule has 22 heavy (non-hydrogen) atoms. The summed E-state index contributed by atoms with van der Waals surface area (Å²) in [4.78, 5) is 14.2. The lowest BCUT2D eigenvalue weighted by atomic mass is 9.80. The van der Waals surface area contributed by atoms with Crippen LogP contribution in [0.3, 0.4) is 0 Å². The van der Waals surface area contributed by atoms with Crippen LogP contribution in [0, 0.1) is 17.8 Å². The Morgan fingerprint density at radius 2 is 1.82 bits per heavy atom. The van der Waals surface area contributed by atoms with Crippen LogP contribution in [-0.4, -0.2) is 43.8 Å². The molecule has 2 rings (SSSR count). The second-order valence-corrected chi connectivity index (χ2v) is 6.77. The number of rotatable bonds is 4. The van der Waals surface area contributed by atoms with Crippen molar-refractivity contribution in [2.24, 2.45) is 17.8 Å². The van der Waals surface area contributed by atoms with E-state index < -0.39 is 12.1 Å². The number of hydrogen-bond acceptors (Lipinski definition) is 2. The van der Waals surface area contributed by atoms with Gasteiger partial charge in [0, 0.05) is 26.6 Å². The van der Waals surface area contributed by atoms with E-state index in [1.807, 2.05) is 4.90 Å². The third-order valence-corrected chi connectivity index (χ3v) is 5.05. The average molecular weight is 321 g/mol. The lowest BCUT2D eigenvalue weighted by Gasteiger charge is -2.35. The SMILES string of the molecule is COCC1CCCN(C(=O)CC2CCC(C(F)(F)F)CC2)C1. The van der Waals surface area contributed by atoms with Crippen LogP contribution in [0.2, 0.25) is 0 Å². The lowest BCUT2D eigenvalue weighted by molar-refractivity contribution is -0.184. The Bertz CT molecular complexity index is 363. The number of hydrogen-bond donors (Lipinski definition) is 0. The number of halogens is 3. The number of ether oxygens (including phenoxy) is 1. The zero-order valence-corrected chi connectivity index (χ0v) is 13.2. The van der Waals surface area contributed by atoms with Gasteiger partial charge in [0.05, 0.1) is 12.5 Å². The number of methoxy groups -OCH3 is 1. The van der Waals surface area contributed by atoms with Crippen LogP contribution in [0.4, 0.5) is 13.2 Å². The molecule has 128 valence electrons. The first-order valence-electron chi connectivity index (χ1n) is 8.23. The molecule has 2 aliphatic rings. The van der Waals surface area contributed by atoms with Gasteiger partial charge in [-0.2, -0.15) is 13.2 Å². The van der Waals surface area contributed by atoms with Gasteiger partial charge in [-0.05, 0) is 50.4 Å². The fraction of sp³-hybridized carbons (Fsp3) is 0.938. The summed E-state index contributed by atoms with van der Waals surface area (Å²) in [5.41, 5.74) is 0. The molecule has 1 unspecified atom stereocenters. The van der Waals surface area contributed by atoms with Crippen LogP contribution in [0.1, 0.15) is 44.9 Å². The van der Waals surface area contributed by atoms with Crippen LogP contribution in [0.15, 0.2) is 0 Å². The maximum Gasteiger partial charge on any atom is 0.391 e. The average Bonchev–Trinajstić information content (AvgIpc) is 2.47. The fourth-order valence-corrected chi connectivity index (χ4v) is 3.73. The molecule has 0 aromatic carbocycles. The van der Waals surface area contributed by atoms with Crippen molar-refractivity contribution in [3.8, 4) is 0 Å². The molecule has 0 aromatic heterocycles. The van der Waals surface area contributed by atoms with E-state index in [0.717, 1.165) is 25.9 Å². The maximum atomic E-state index is 12.7. The second-order valence-electron chi connectivity index (χ2n) is 6.77. The van der Waals surface area contributed by atoms with Gasteiger partial charge in [-0.1, -0.05) is 0 Å². The molecule has 0 bridgehead atoms. The van der Waals surface area contributed by atoms with Crippen molar-refractivity contribution in [1.82, 2.24) is 4.90 Å². The number of carbonyl (C=O) groups excluding carboxylic acids is 1. The molecule has 3 nitrogen and oxygen atoms in total. The number of amides is 1. The first kappa shape index (κ1) is 17.6. The van der Waals surface area contributed by atoms with Gasteiger partial charge < -0.3 is 9.64 Å². The summed E-state index contributed by atoms with van der Waals surface area (Å²) in [6.45, 7) is 2.17. The fourth-order valence-electron chi connectivity index (χ4n) is 3.73. The monoisotopic (exact) mass is 321 g/mol. The highest BCUT2D eigenvalue weighted by Crippen LogP contribution is 2.40. The zero-order chi connectivity index (χ0) is 16.2. The summed E-state index contributed by atoms with van der Waals surface area (Å²) in [6, 6.07) is 0. The van der Waals surface area contributed by atoms with E-state index >= 15 is 0 Å². The van der Waals surface area contributed by atoms with E-state index in [2.05, 4.69) is 0 Å². The van der Waals surface area contributed by atoms with E-state index in [9.17, 15) is 18.0 Å². The number of piperidine rings is 1. The highest BCUT2D eigenvalue weighted by molar-refractivity contribution is 5.76. The van der Waals surface area contributed by atoms with Crippen LogP contribution < -0.4 is 0 Å². The highest BCUT2D eigenvalue weighted by Gasteiger charge is 2.41. The normalized spacial score (nSPS) is 30.4. The van der Waals surface area contributed by atoms with Crippen molar-refractivity contribution >= 4 is 5.91 Å². The molecule has 1 aliphatic carbocycles. The van der Waals surface area contributed by atoms with Crippen LogP contribution in [0.5, 0.6) is 0 Å². The molecule has 1 saturated carbocycles. The van der Waals surface area contributed by atoms with Gasteiger partial charge in [0.25, 0.3) is 0 Å². The Balaban J connectivity index is 1.76. The minimum atomic E-state index is -4.07. The number of carbonyl (C=O) groups is 1. The molecule has 2 fully saturated rings. The van der Waals surface area contributed by atoms with Crippen molar-refractivity contribution in [2.45, 2.75) is 51.1 Å². The minimum Gasteiger partial charge on any atom is -0.384 e. The Morgan fingerprint density at radius 1 is 1.14 bits per heavy atom. The van der Waals surface area contributed by atoms with Crippen LogP contribution in [0.25, 0.3) is 0 Å². The second kappa shape index (κ2) is 7.66. The Morgan fingerprint density at radius 3 is 2.41 bits per heavy atom. The van der Waals surface area contributed by atoms with E-state index in [-0.39, 0.29) is 24.7 Å². The van der Waals surface area contributed by atoms with Crippen LogP contribution in [-0.2, 0) is 9.53 Å². The molecule has 1 atom stereocenters. The number of alkyl halides is 3. The predicted molar refractivity (Wildman–Crippen MR) is 77.3 cm³/mol. The van der Waals surface area contributed by atoms with Gasteiger partial charge in [-0.3, -0.25) is 4.79 Å². The number of likely N-dealkylation sites (tertiary alicyclic amines) is 1. The molecular weight excluding hydrogens is 295 g/mol. The Hall–Kier alpha value is -0.780. The van der Waals surface area contributed by atoms with Crippen molar-refractivity contribution in [1.29, 1.82) is 0 Å². The predicted octanol–water partition coefficient (Wildman–Crippen LogP) is 3.63. The van der Waals surface area contributed by atoms with Gasteiger partial charge in [0.1, 0.15) is 0 Å². The van der Waals surface area contributed by atoms with Crippen molar-refractivity contribution in [3.05, 3.63) is 0 Å². The molecule has 1 saturated heterocycles. The largest absolute Gasteiger partial charge is 0.391 e. The topological polar surface area (TPSA) is 29.5 Å². The molecular formula is C16H26F3NO2. The molecule has 6 heteroatoms. The van der Waals surface area contributed by atoms with Gasteiger partial charge in [-0.25, -0.2) is 0 Å². The summed E-state index contributed by atoms with van der Waals surface area (Å²) in [5.74, 6) is -0.547. The smallest absolute Gasteiger partial charge is 0.384 e. The zero-order valence-electron chi connectivity index (χ0n) is 13.2. The number of nitrogens with zero attached hydrogens (tertiary/aromatic N) is 1. The van der Waals surface area contributed by atoms with Gasteiger partial charge >= 0.3 is 6.18 Å². The first-order chi connectivity index (χ1) is 10.4. The van der Waals surface area contributed by atoms with Crippen molar-refractivity contribution in [2.75, 3.05) is 26.8 Å². The van der Waals surface area contributed by atoms with E-state index in [1.54, 1.807) is 7.11 Å². The molecule has 0 N–H and O–H groups in total. The molecule has 1 aliphatic heterocycles. The summed E-state index contributed by atoms with van der Waals surface area (Å²) in [6.07, 6.45) is -0.216. The van der Waals surface area contributed by atoms with Crippen molar-refractivity contribution in [3.63, 3.8) is 0 Å². The molecule has 1 amide bonds. The van der Waals surface area contributed by atoms with Crippen molar-refractivity contribution < 1.29 is 22.7 Å². The molecule has 0 aromatic rings. The Labute approximate surface area is 130 Å². The first-order valence-corrected chi connectivity index (χ1v) is 8.23. The quantitative estimate of drug-likeness (QED) is 0.791. The van der Waals surface area contributed by atoms with E-state index in [0.29, 0.717) is 31.8 Å². The molecule has 0 radical (unpaired) electrons. The third kappa shape index (κ3) is 4.86. The third-order valence-electron chi connectivity index (χ3n) is 5.05. The standard InChI is InChI=1S/C16H26F3NO2/c1-22-11-13-3-2-8-20(10-13)15(21)9-12-4-6-14(7-5-12)16(17,18)19/h12-14H,2-11H2,1H3. The summed E-state index contributed by atoms with van der Waals surface area (Å²) in [7, 11) is 1.67. The van der Waals surface area contributed by atoms with E-state index in [4.69, 9.17) is 4.74 Å². The minimum absolute atomic E-state index is 0.108. The van der Waals surface area contributed by atoms with E-state index in [1.165, 1.54) is 0 Å². The lowest BCUT2D eigenvalue weighted by Crippen LogP contribution is -2.42. The Kier molecular flexibility index (Phi) is 6.12. The highest BCUT2D eigenvalue weighted by atomic mass is 19.4.